The second kappa shape index (κ2) is 5.81. The lowest BCUT2D eigenvalue weighted by molar-refractivity contribution is -0.0420. The number of carboxylic acid groups (broad SMARTS) is 1. The first-order chi connectivity index (χ1) is 9.74. The van der Waals surface area contributed by atoms with Gasteiger partial charge in [-0.1, -0.05) is 54.7 Å². The summed E-state index contributed by atoms with van der Waals surface area (Å²) in [4.78, 5) is 13.0. The Morgan fingerprint density at radius 1 is 1.38 bits per heavy atom. The van der Waals surface area contributed by atoms with Crippen molar-refractivity contribution in [2.45, 2.75) is 51.2 Å². The molecule has 2 rings (SSSR count). The molecule has 1 atom stereocenters. The number of carbonyl (C=O) groups is 1. The van der Waals surface area contributed by atoms with Crippen molar-refractivity contribution < 1.29 is 14.6 Å². The Hall–Kier alpha value is -1.33. The van der Waals surface area contributed by atoms with Gasteiger partial charge in [0.15, 0.2) is 0 Å². The van der Waals surface area contributed by atoms with Gasteiger partial charge in [0.2, 0.25) is 0 Å². The molecular weight excluding hydrogens is 282 g/mol. The first kappa shape index (κ1) is 16.0. The van der Waals surface area contributed by atoms with Crippen LogP contribution >= 0.6 is 0 Å². The fourth-order valence-corrected chi connectivity index (χ4v) is 5.48. The molecule has 1 heterocycles. The Morgan fingerprint density at radius 3 is 2.57 bits per heavy atom. The van der Waals surface area contributed by atoms with Gasteiger partial charge in [0.1, 0.15) is 5.72 Å². The molecule has 21 heavy (non-hydrogen) atoms. The lowest BCUT2D eigenvalue weighted by Crippen LogP contribution is -2.48. The Balaban J connectivity index is 2.04. The SMILES string of the molecule is CC1(C)OC[C@H](CC[Si](C)(C)c2ccccc2)N1C(=O)O. The van der Waals surface area contributed by atoms with Crippen molar-refractivity contribution in [2.24, 2.45) is 0 Å². The monoisotopic (exact) mass is 307 g/mol. The highest BCUT2D eigenvalue weighted by Gasteiger charge is 2.44. The Bertz CT molecular complexity index is 502. The maximum absolute atomic E-state index is 11.5. The van der Waals surface area contributed by atoms with Crippen LogP contribution in [-0.2, 0) is 4.74 Å². The summed E-state index contributed by atoms with van der Waals surface area (Å²) in [7, 11) is -1.53. The second-order valence-corrected chi connectivity index (χ2v) is 11.7. The van der Waals surface area contributed by atoms with Crippen LogP contribution in [0.25, 0.3) is 0 Å². The van der Waals surface area contributed by atoms with E-state index in [1.165, 1.54) is 10.1 Å². The van der Waals surface area contributed by atoms with Crippen molar-refractivity contribution >= 4 is 19.4 Å². The molecule has 1 N–H and O–H groups in total. The molecule has 0 bridgehead atoms. The first-order valence-corrected chi connectivity index (χ1v) is 10.7. The molecule has 1 saturated heterocycles. The van der Waals surface area contributed by atoms with Gasteiger partial charge in [-0.15, -0.1) is 0 Å². The number of ether oxygens (including phenoxy) is 1. The average molecular weight is 307 g/mol. The van der Waals surface area contributed by atoms with Crippen molar-refractivity contribution in [2.75, 3.05) is 6.61 Å². The fraction of sp³-hybridized carbons (Fsp3) is 0.562. The fourth-order valence-electron chi connectivity index (χ4n) is 3.04. The third kappa shape index (κ3) is 3.47. The predicted molar refractivity (Wildman–Crippen MR) is 86.7 cm³/mol. The third-order valence-corrected chi connectivity index (χ3v) is 7.87. The smallest absolute Gasteiger partial charge is 0.409 e. The molecule has 1 fully saturated rings. The Morgan fingerprint density at radius 2 is 2.00 bits per heavy atom. The summed E-state index contributed by atoms with van der Waals surface area (Å²) in [6, 6.07) is 11.6. The molecule has 1 aromatic carbocycles. The second-order valence-electron chi connectivity index (χ2n) is 6.85. The molecule has 1 amide bonds. The summed E-state index contributed by atoms with van der Waals surface area (Å²) in [5.74, 6) is 0. The van der Waals surface area contributed by atoms with Gasteiger partial charge in [0.25, 0.3) is 0 Å². The van der Waals surface area contributed by atoms with E-state index in [1.54, 1.807) is 0 Å². The van der Waals surface area contributed by atoms with E-state index in [1.807, 2.05) is 19.9 Å². The molecule has 0 saturated carbocycles. The molecule has 0 radical (unpaired) electrons. The van der Waals surface area contributed by atoms with E-state index in [2.05, 4.69) is 37.4 Å². The zero-order valence-electron chi connectivity index (χ0n) is 13.3. The molecule has 0 unspecified atom stereocenters. The maximum atomic E-state index is 11.5. The van der Waals surface area contributed by atoms with Crippen LogP contribution in [0.5, 0.6) is 0 Å². The molecule has 1 aliphatic heterocycles. The van der Waals surface area contributed by atoms with Crippen molar-refractivity contribution in [3.8, 4) is 0 Å². The highest BCUT2D eigenvalue weighted by Crippen LogP contribution is 2.30. The van der Waals surface area contributed by atoms with Gasteiger partial charge in [-0.2, -0.15) is 0 Å². The molecule has 4 nitrogen and oxygen atoms in total. The molecule has 0 spiro atoms. The van der Waals surface area contributed by atoms with Crippen LogP contribution in [0.4, 0.5) is 4.79 Å². The zero-order valence-corrected chi connectivity index (χ0v) is 14.3. The van der Waals surface area contributed by atoms with E-state index >= 15 is 0 Å². The summed E-state index contributed by atoms with van der Waals surface area (Å²) < 4.78 is 5.66. The van der Waals surface area contributed by atoms with Gasteiger partial charge in [0, 0.05) is 0 Å². The standard InChI is InChI=1S/C16H25NO3Si/c1-16(2)17(15(18)19)13(12-20-16)10-11-21(3,4)14-8-6-5-7-9-14/h5-9,13H,10-12H2,1-4H3,(H,18,19)/t13-/m0/s1. The van der Waals surface area contributed by atoms with Crippen molar-refractivity contribution in [3.05, 3.63) is 30.3 Å². The number of amides is 1. The van der Waals surface area contributed by atoms with Gasteiger partial charge in [-0.3, -0.25) is 4.90 Å². The lowest BCUT2D eigenvalue weighted by Gasteiger charge is -2.32. The highest BCUT2D eigenvalue weighted by atomic mass is 28.3. The number of hydrogen-bond donors (Lipinski definition) is 1. The summed E-state index contributed by atoms with van der Waals surface area (Å²) in [6.07, 6.45) is -0.0224. The topological polar surface area (TPSA) is 49.8 Å². The zero-order chi connectivity index (χ0) is 15.7. The quantitative estimate of drug-likeness (QED) is 0.870. The van der Waals surface area contributed by atoms with Crippen molar-refractivity contribution in [3.63, 3.8) is 0 Å². The third-order valence-electron chi connectivity index (χ3n) is 4.44. The number of nitrogens with zero attached hydrogens (tertiary/aromatic N) is 1. The van der Waals surface area contributed by atoms with E-state index in [9.17, 15) is 9.90 Å². The van der Waals surface area contributed by atoms with Crippen molar-refractivity contribution in [1.82, 2.24) is 4.90 Å². The van der Waals surface area contributed by atoms with Gasteiger partial charge >= 0.3 is 6.09 Å². The van der Waals surface area contributed by atoms with Gasteiger partial charge in [0.05, 0.1) is 20.7 Å². The van der Waals surface area contributed by atoms with E-state index in [-0.39, 0.29) is 6.04 Å². The van der Waals surface area contributed by atoms with Crippen LogP contribution in [-0.4, -0.2) is 42.5 Å². The maximum Gasteiger partial charge on any atom is 0.409 e. The molecule has 5 heteroatoms. The molecule has 116 valence electrons. The minimum Gasteiger partial charge on any atom is -0.465 e. The largest absolute Gasteiger partial charge is 0.465 e. The average Bonchev–Trinajstić information content (AvgIpc) is 2.73. The van der Waals surface area contributed by atoms with Crippen LogP contribution in [0.1, 0.15) is 20.3 Å². The Labute approximate surface area is 127 Å². The van der Waals surface area contributed by atoms with Gasteiger partial charge < -0.3 is 9.84 Å². The first-order valence-electron chi connectivity index (χ1n) is 7.46. The van der Waals surface area contributed by atoms with Crippen LogP contribution in [0.15, 0.2) is 30.3 Å². The molecule has 0 aliphatic carbocycles. The van der Waals surface area contributed by atoms with Crippen LogP contribution in [0, 0.1) is 0 Å². The van der Waals surface area contributed by atoms with Crippen LogP contribution in [0.3, 0.4) is 0 Å². The molecule has 1 aliphatic rings. The summed E-state index contributed by atoms with van der Waals surface area (Å²) in [6.45, 7) is 8.82. The van der Waals surface area contributed by atoms with Gasteiger partial charge in [-0.05, 0) is 20.3 Å². The molecular formula is C16H25NO3Si. The number of benzene rings is 1. The normalized spacial score (nSPS) is 21.5. The van der Waals surface area contributed by atoms with E-state index in [4.69, 9.17) is 4.74 Å². The van der Waals surface area contributed by atoms with Crippen LogP contribution < -0.4 is 5.19 Å². The molecule has 1 aromatic rings. The summed E-state index contributed by atoms with van der Waals surface area (Å²) in [5.41, 5.74) is -0.713. The Kier molecular flexibility index (Phi) is 4.44. The molecule has 0 aromatic heterocycles. The highest BCUT2D eigenvalue weighted by molar-refractivity contribution is 6.89. The van der Waals surface area contributed by atoms with Crippen LogP contribution in [0.2, 0.25) is 19.1 Å². The van der Waals surface area contributed by atoms with E-state index in [0.717, 1.165) is 12.5 Å². The van der Waals surface area contributed by atoms with Gasteiger partial charge in [-0.25, -0.2) is 4.79 Å². The minimum atomic E-state index is -1.53. The summed E-state index contributed by atoms with van der Waals surface area (Å²) in [5, 5.41) is 10.8. The number of hydrogen-bond acceptors (Lipinski definition) is 2. The predicted octanol–water partition coefficient (Wildman–Crippen LogP) is 3.11. The van der Waals surface area contributed by atoms with Crippen molar-refractivity contribution in [1.29, 1.82) is 0 Å². The minimum absolute atomic E-state index is 0.0343. The lowest BCUT2D eigenvalue weighted by atomic mass is 10.2. The summed E-state index contributed by atoms with van der Waals surface area (Å²) >= 11 is 0. The van der Waals surface area contributed by atoms with E-state index < -0.39 is 19.9 Å². The number of rotatable bonds is 4. The van der Waals surface area contributed by atoms with E-state index in [0.29, 0.717) is 6.61 Å².